The van der Waals surface area contributed by atoms with Gasteiger partial charge in [0.25, 0.3) is 0 Å². The smallest absolute Gasteiger partial charge is 0.464 e. The Bertz CT molecular complexity index is 1260. The normalized spacial score (nSPS) is 20.7. The zero-order chi connectivity index (χ0) is 31.9. The molecule has 0 spiro atoms. The summed E-state index contributed by atoms with van der Waals surface area (Å²) in [6.45, 7) is 5.29. The van der Waals surface area contributed by atoms with E-state index in [0.29, 0.717) is 18.5 Å². The van der Waals surface area contributed by atoms with Crippen LogP contribution in [0.5, 0.6) is 5.75 Å². The van der Waals surface area contributed by atoms with Crippen LogP contribution in [0.3, 0.4) is 0 Å². The molecule has 3 rings (SSSR count). The molecule has 0 unspecified atom stereocenters. The van der Waals surface area contributed by atoms with E-state index in [1.54, 1.807) is 0 Å². The van der Waals surface area contributed by atoms with E-state index < -0.39 is 49.6 Å². The summed E-state index contributed by atoms with van der Waals surface area (Å²) in [4.78, 5) is 81.9. The fourth-order valence-corrected chi connectivity index (χ4v) is 5.50. The molecule has 2 fully saturated rings. The van der Waals surface area contributed by atoms with Crippen LogP contribution < -0.4 is 20.9 Å². The first-order chi connectivity index (χ1) is 20.1. The van der Waals surface area contributed by atoms with Gasteiger partial charge in [0, 0.05) is 26.0 Å². The van der Waals surface area contributed by atoms with Crippen LogP contribution in [0.4, 0.5) is 0 Å². The zero-order valence-electron chi connectivity index (χ0n) is 24.3. The SMILES string of the molecule is CC(=O)OC[C@H](CCC(N)=O)NC(=O)[C@@H]1[C@@H]2C[C@@H]2CN1C(=O)[C@H](CC(C)C)NC(=O)/C=C/c1ccc(OP(=O)(O)O)cc1. The van der Waals surface area contributed by atoms with E-state index in [2.05, 4.69) is 15.2 Å². The number of hydrogen-bond donors (Lipinski definition) is 5. The molecule has 1 aliphatic heterocycles. The molecule has 1 aromatic carbocycles. The minimum absolute atomic E-state index is 0.0209. The third-order valence-electron chi connectivity index (χ3n) is 7.13. The van der Waals surface area contributed by atoms with Crippen molar-refractivity contribution in [2.24, 2.45) is 23.5 Å². The highest BCUT2D eigenvalue weighted by Gasteiger charge is 2.57. The average Bonchev–Trinajstić information content (AvgIpc) is 3.56. The number of phosphoric acid groups is 1. The maximum absolute atomic E-state index is 13.7. The van der Waals surface area contributed by atoms with Crippen molar-refractivity contribution in [2.75, 3.05) is 13.2 Å². The number of carbonyl (C=O) groups is 5. The van der Waals surface area contributed by atoms with Crippen molar-refractivity contribution in [3.63, 3.8) is 0 Å². The quantitative estimate of drug-likeness (QED) is 0.106. The van der Waals surface area contributed by atoms with Crippen LogP contribution in [0, 0.1) is 17.8 Å². The molecule has 1 saturated carbocycles. The van der Waals surface area contributed by atoms with Crippen LogP contribution in [0.1, 0.15) is 52.0 Å². The second-order valence-corrected chi connectivity index (χ2v) is 12.4. The number of fused-ring (bicyclic) bond motifs is 1. The van der Waals surface area contributed by atoms with E-state index in [9.17, 15) is 28.5 Å². The standard InChI is InChI=1S/C28H39N4O10P/c1-16(2)12-23(31-25(35)11-6-18-4-8-21(9-5-18)42-43(38,39)40)28(37)32-14-19-13-22(19)26(32)27(36)30-20(7-10-24(29)34)15-41-17(3)33/h4-6,8-9,11,16,19-20,22-23,26H,7,10,12-15H2,1-3H3,(H2,29,34)(H,30,36)(H,31,35)(H2,38,39,40)/b11-6+/t19-,20+,22-,23+,26+/m1/s1. The van der Waals surface area contributed by atoms with E-state index in [0.717, 1.165) is 6.42 Å². The van der Waals surface area contributed by atoms with Gasteiger partial charge in [-0.15, -0.1) is 0 Å². The number of nitrogens with zero attached hydrogens (tertiary/aromatic N) is 1. The average molecular weight is 623 g/mol. The summed E-state index contributed by atoms with van der Waals surface area (Å²) in [5.74, 6) is -2.27. The number of carbonyl (C=O) groups excluding carboxylic acids is 5. The van der Waals surface area contributed by atoms with Gasteiger partial charge >= 0.3 is 13.8 Å². The number of esters is 1. The number of nitrogens with two attached hydrogens (primary N) is 1. The van der Waals surface area contributed by atoms with Crippen molar-refractivity contribution < 1.29 is 47.6 Å². The number of piperidine rings is 1. The fourth-order valence-electron chi connectivity index (χ4n) is 5.11. The number of nitrogens with one attached hydrogen (secondary N) is 2. The molecule has 236 valence electrons. The second-order valence-electron chi connectivity index (χ2n) is 11.3. The number of amides is 4. The topological polar surface area (TPSA) is 215 Å². The van der Waals surface area contributed by atoms with Crippen molar-refractivity contribution in [1.82, 2.24) is 15.5 Å². The van der Waals surface area contributed by atoms with Gasteiger partial charge < -0.3 is 30.5 Å². The van der Waals surface area contributed by atoms with Gasteiger partial charge in [-0.25, -0.2) is 4.57 Å². The molecule has 1 saturated heterocycles. The zero-order valence-corrected chi connectivity index (χ0v) is 25.2. The van der Waals surface area contributed by atoms with Gasteiger partial charge in [0.15, 0.2) is 0 Å². The molecule has 0 bridgehead atoms. The van der Waals surface area contributed by atoms with Crippen molar-refractivity contribution in [3.8, 4) is 5.75 Å². The monoisotopic (exact) mass is 622 g/mol. The van der Waals surface area contributed by atoms with Gasteiger partial charge in [-0.3, -0.25) is 33.8 Å². The Morgan fingerprint density at radius 3 is 2.40 bits per heavy atom. The lowest BCUT2D eigenvalue weighted by Gasteiger charge is -2.32. The van der Waals surface area contributed by atoms with Crippen LogP contribution in [0.2, 0.25) is 0 Å². The maximum Gasteiger partial charge on any atom is 0.524 e. The van der Waals surface area contributed by atoms with Crippen molar-refractivity contribution in [2.45, 2.75) is 64.6 Å². The molecule has 6 N–H and O–H groups in total. The van der Waals surface area contributed by atoms with E-state index in [4.69, 9.17) is 20.3 Å². The minimum atomic E-state index is -4.69. The third-order valence-corrected chi connectivity index (χ3v) is 7.58. The van der Waals surface area contributed by atoms with Gasteiger partial charge in [-0.2, -0.15) is 0 Å². The Hall–Kier alpha value is -3.74. The number of rotatable bonds is 15. The number of benzene rings is 1. The predicted octanol–water partition coefficient (Wildman–Crippen LogP) is 0.863. The molecular weight excluding hydrogens is 583 g/mol. The number of primary amides is 1. The molecule has 14 nitrogen and oxygen atoms in total. The highest BCUT2D eigenvalue weighted by Crippen LogP contribution is 2.50. The summed E-state index contributed by atoms with van der Waals surface area (Å²) in [6, 6.07) is 3.38. The Balaban J connectivity index is 1.68. The third kappa shape index (κ3) is 10.8. The van der Waals surface area contributed by atoms with E-state index in [-0.39, 0.29) is 48.9 Å². The molecule has 0 radical (unpaired) electrons. The molecule has 5 atom stereocenters. The molecule has 2 aliphatic rings. The van der Waals surface area contributed by atoms with E-state index in [1.165, 1.54) is 48.2 Å². The highest BCUT2D eigenvalue weighted by atomic mass is 31.2. The number of ether oxygens (including phenoxy) is 1. The lowest BCUT2D eigenvalue weighted by atomic mass is 10.0. The first kappa shape index (κ1) is 33.8. The van der Waals surface area contributed by atoms with Crippen LogP contribution in [-0.4, -0.2) is 75.6 Å². The molecule has 4 amide bonds. The van der Waals surface area contributed by atoms with Crippen LogP contribution >= 0.6 is 7.82 Å². The van der Waals surface area contributed by atoms with Crippen LogP contribution in [-0.2, 0) is 33.3 Å². The molecule has 1 aromatic rings. The molecular formula is C28H39N4O10P. The first-order valence-electron chi connectivity index (χ1n) is 14.0. The summed E-state index contributed by atoms with van der Waals surface area (Å²) in [5.41, 5.74) is 5.80. The largest absolute Gasteiger partial charge is 0.524 e. The van der Waals surface area contributed by atoms with Crippen LogP contribution in [0.15, 0.2) is 30.3 Å². The predicted molar refractivity (Wildman–Crippen MR) is 154 cm³/mol. The van der Waals surface area contributed by atoms with E-state index >= 15 is 0 Å². The summed E-state index contributed by atoms with van der Waals surface area (Å²) >= 11 is 0. The van der Waals surface area contributed by atoms with Crippen molar-refractivity contribution in [3.05, 3.63) is 35.9 Å². The summed E-state index contributed by atoms with van der Waals surface area (Å²) in [6.07, 6.45) is 3.99. The number of hydrogen-bond acceptors (Lipinski definition) is 8. The fraction of sp³-hybridized carbons (Fsp3) is 0.536. The molecule has 43 heavy (non-hydrogen) atoms. The summed E-state index contributed by atoms with van der Waals surface area (Å²) < 4.78 is 20.5. The molecule has 0 aromatic heterocycles. The summed E-state index contributed by atoms with van der Waals surface area (Å²) in [5, 5.41) is 5.57. The van der Waals surface area contributed by atoms with E-state index in [1.807, 2.05) is 13.8 Å². The van der Waals surface area contributed by atoms with Crippen molar-refractivity contribution >= 4 is 43.5 Å². The number of likely N-dealkylation sites (tertiary alicyclic amines) is 1. The Labute approximate surface area is 249 Å². The Morgan fingerprint density at radius 1 is 1.14 bits per heavy atom. The van der Waals surface area contributed by atoms with Gasteiger partial charge in [0.1, 0.15) is 24.4 Å². The molecule has 1 aliphatic carbocycles. The van der Waals surface area contributed by atoms with Gasteiger partial charge in [-0.1, -0.05) is 26.0 Å². The Morgan fingerprint density at radius 2 is 1.81 bits per heavy atom. The lowest BCUT2D eigenvalue weighted by molar-refractivity contribution is -0.144. The second kappa shape index (κ2) is 14.6. The molecule has 15 heteroatoms. The lowest BCUT2D eigenvalue weighted by Crippen LogP contribution is -2.56. The first-order valence-corrected chi connectivity index (χ1v) is 15.5. The summed E-state index contributed by atoms with van der Waals surface area (Å²) in [7, 11) is -4.69. The van der Waals surface area contributed by atoms with Gasteiger partial charge in [0.2, 0.25) is 23.6 Å². The van der Waals surface area contributed by atoms with Gasteiger partial charge in [-0.05, 0) is 60.8 Å². The maximum atomic E-state index is 13.7. The number of phosphoric ester groups is 1. The van der Waals surface area contributed by atoms with Gasteiger partial charge in [0.05, 0.1) is 6.04 Å². The molecule has 1 heterocycles. The minimum Gasteiger partial charge on any atom is -0.464 e. The van der Waals surface area contributed by atoms with Crippen LogP contribution in [0.25, 0.3) is 6.08 Å². The highest BCUT2D eigenvalue weighted by molar-refractivity contribution is 7.46. The van der Waals surface area contributed by atoms with Crippen molar-refractivity contribution in [1.29, 1.82) is 0 Å². The Kier molecular flexibility index (Phi) is 11.5.